The zero-order chi connectivity index (χ0) is 13.2. The summed E-state index contributed by atoms with van der Waals surface area (Å²) in [6.07, 6.45) is 0.429. The second-order valence-electron chi connectivity index (χ2n) is 5.61. The second-order valence-corrected chi connectivity index (χ2v) is 5.61. The summed E-state index contributed by atoms with van der Waals surface area (Å²) in [7, 11) is 0. The molecule has 2 aromatic carbocycles. The Morgan fingerprint density at radius 2 is 1.72 bits per heavy atom. The van der Waals surface area contributed by atoms with Gasteiger partial charge in [-0.05, 0) is 37.1 Å². The molecule has 0 aromatic heterocycles. The van der Waals surface area contributed by atoms with Crippen molar-refractivity contribution in [3.8, 4) is 0 Å². The lowest BCUT2D eigenvalue weighted by molar-refractivity contribution is -0.121. The standard InChI is InChI=1S/C16H19NO/c1-16(2,3)17-15(18)11-13-9-6-8-12-7-4-5-10-14(12)13/h4-10H,11H2,1-3H3,(H,17,18). The molecule has 0 aliphatic heterocycles. The summed E-state index contributed by atoms with van der Waals surface area (Å²) >= 11 is 0. The van der Waals surface area contributed by atoms with Gasteiger partial charge in [0.05, 0.1) is 6.42 Å². The molecule has 0 saturated carbocycles. The Morgan fingerprint density at radius 3 is 2.44 bits per heavy atom. The van der Waals surface area contributed by atoms with Crippen molar-refractivity contribution in [1.82, 2.24) is 5.32 Å². The third-order valence-corrected chi connectivity index (χ3v) is 2.75. The first-order valence-electron chi connectivity index (χ1n) is 6.23. The molecule has 0 atom stereocenters. The van der Waals surface area contributed by atoms with Crippen molar-refractivity contribution in [2.75, 3.05) is 0 Å². The van der Waals surface area contributed by atoms with E-state index in [9.17, 15) is 4.79 Å². The normalized spacial score (nSPS) is 11.5. The van der Waals surface area contributed by atoms with E-state index in [1.165, 1.54) is 5.39 Å². The number of hydrogen-bond acceptors (Lipinski definition) is 1. The molecular formula is C16H19NO. The fraction of sp³-hybridized carbons (Fsp3) is 0.312. The number of hydrogen-bond donors (Lipinski definition) is 1. The summed E-state index contributed by atoms with van der Waals surface area (Å²) in [5.74, 6) is 0.0684. The van der Waals surface area contributed by atoms with Gasteiger partial charge >= 0.3 is 0 Å². The molecule has 0 aliphatic rings. The summed E-state index contributed by atoms with van der Waals surface area (Å²) in [5, 5.41) is 5.33. The largest absolute Gasteiger partial charge is 0.351 e. The van der Waals surface area contributed by atoms with Crippen LogP contribution < -0.4 is 5.32 Å². The Hall–Kier alpha value is -1.83. The van der Waals surface area contributed by atoms with Crippen LogP contribution in [0.4, 0.5) is 0 Å². The van der Waals surface area contributed by atoms with Gasteiger partial charge in [-0.3, -0.25) is 4.79 Å². The van der Waals surface area contributed by atoms with Crippen LogP contribution in [0.5, 0.6) is 0 Å². The molecule has 2 rings (SSSR count). The van der Waals surface area contributed by atoms with Gasteiger partial charge in [-0.25, -0.2) is 0 Å². The van der Waals surface area contributed by atoms with Gasteiger partial charge in [-0.2, -0.15) is 0 Å². The molecule has 94 valence electrons. The first-order chi connectivity index (χ1) is 8.46. The highest BCUT2D eigenvalue weighted by Gasteiger charge is 2.14. The maximum absolute atomic E-state index is 12.0. The Morgan fingerprint density at radius 1 is 1.06 bits per heavy atom. The van der Waals surface area contributed by atoms with Crippen molar-refractivity contribution in [2.45, 2.75) is 32.7 Å². The number of rotatable bonds is 2. The summed E-state index contributed by atoms with van der Waals surface area (Å²) in [6.45, 7) is 5.98. The molecule has 2 nitrogen and oxygen atoms in total. The van der Waals surface area contributed by atoms with Gasteiger partial charge in [0.25, 0.3) is 0 Å². The lowest BCUT2D eigenvalue weighted by atomic mass is 10.0. The third kappa shape index (κ3) is 3.10. The highest BCUT2D eigenvalue weighted by atomic mass is 16.1. The van der Waals surface area contributed by atoms with Crippen molar-refractivity contribution >= 4 is 16.7 Å². The summed E-state index contributed by atoms with van der Waals surface area (Å²) < 4.78 is 0. The lowest BCUT2D eigenvalue weighted by Crippen LogP contribution is -2.41. The molecule has 0 aliphatic carbocycles. The molecule has 1 N–H and O–H groups in total. The van der Waals surface area contributed by atoms with Gasteiger partial charge in [0.1, 0.15) is 0 Å². The fourth-order valence-electron chi connectivity index (χ4n) is 2.08. The van der Waals surface area contributed by atoms with Crippen LogP contribution in [0.1, 0.15) is 26.3 Å². The summed E-state index contributed by atoms with van der Waals surface area (Å²) in [5.41, 5.74) is 0.900. The monoisotopic (exact) mass is 241 g/mol. The number of amides is 1. The SMILES string of the molecule is CC(C)(C)NC(=O)Cc1cccc2ccccc12. The number of fused-ring (bicyclic) bond motifs is 1. The van der Waals surface area contributed by atoms with Crippen LogP contribution in [0.3, 0.4) is 0 Å². The van der Waals surface area contributed by atoms with Crippen LogP contribution in [0.15, 0.2) is 42.5 Å². The van der Waals surface area contributed by atoms with E-state index in [1.54, 1.807) is 0 Å². The summed E-state index contributed by atoms with van der Waals surface area (Å²) in [4.78, 5) is 12.0. The maximum Gasteiger partial charge on any atom is 0.224 e. The number of carbonyl (C=O) groups excluding carboxylic acids is 1. The Labute approximate surface area is 108 Å². The third-order valence-electron chi connectivity index (χ3n) is 2.75. The average molecular weight is 241 g/mol. The zero-order valence-electron chi connectivity index (χ0n) is 11.2. The van der Waals surface area contributed by atoms with E-state index >= 15 is 0 Å². The topological polar surface area (TPSA) is 29.1 Å². The first kappa shape index (κ1) is 12.6. The van der Waals surface area contributed by atoms with Gasteiger partial charge < -0.3 is 5.32 Å². The molecule has 0 saturated heterocycles. The van der Waals surface area contributed by atoms with Crippen LogP contribution in [0.2, 0.25) is 0 Å². The fourth-order valence-corrected chi connectivity index (χ4v) is 2.08. The van der Waals surface area contributed by atoms with Crippen LogP contribution >= 0.6 is 0 Å². The van der Waals surface area contributed by atoms with E-state index in [1.807, 2.05) is 45.0 Å². The van der Waals surface area contributed by atoms with Crippen LogP contribution in [-0.4, -0.2) is 11.4 Å². The molecule has 18 heavy (non-hydrogen) atoms. The van der Waals surface area contributed by atoms with E-state index in [0.717, 1.165) is 10.9 Å². The Bertz CT molecular complexity index is 561. The average Bonchev–Trinajstić information content (AvgIpc) is 2.27. The molecule has 2 aromatic rings. The molecule has 0 spiro atoms. The molecular weight excluding hydrogens is 222 g/mol. The van der Waals surface area contributed by atoms with E-state index in [-0.39, 0.29) is 11.4 Å². The molecule has 2 heteroatoms. The first-order valence-corrected chi connectivity index (χ1v) is 6.23. The molecule has 0 radical (unpaired) electrons. The van der Waals surface area contributed by atoms with Crippen molar-refractivity contribution in [2.24, 2.45) is 0 Å². The molecule has 1 amide bonds. The Balaban J connectivity index is 2.24. The summed E-state index contributed by atoms with van der Waals surface area (Å²) in [6, 6.07) is 14.2. The number of nitrogens with one attached hydrogen (secondary N) is 1. The van der Waals surface area contributed by atoms with Crippen LogP contribution in [0.25, 0.3) is 10.8 Å². The second kappa shape index (κ2) is 4.81. The Kier molecular flexibility index (Phi) is 3.37. The van der Waals surface area contributed by atoms with Crippen molar-refractivity contribution < 1.29 is 4.79 Å². The van der Waals surface area contributed by atoms with Crippen LogP contribution in [-0.2, 0) is 11.2 Å². The predicted molar refractivity (Wildman–Crippen MR) is 75.5 cm³/mol. The minimum Gasteiger partial charge on any atom is -0.351 e. The van der Waals surface area contributed by atoms with Crippen molar-refractivity contribution in [3.05, 3.63) is 48.0 Å². The van der Waals surface area contributed by atoms with Gasteiger partial charge in [-0.15, -0.1) is 0 Å². The van der Waals surface area contributed by atoms with E-state index < -0.39 is 0 Å². The quantitative estimate of drug-likeness (QED) is 0.858. The highest BCUT2D eigenvalue weighted by Crippen LogP contribution is 2.19. The zero-order valence-corrected chi connectivity index (χ0v) is 11.2. The van der Waals surface area contributed by atoms with Crippen LogP contribution in [0, 0.1) is 0 Å². The molecule has 0 unspecified atom stereocenters. The minimum absolute atomic E-state index is 0.0684. The smallest absolute Gasteiger partial charge is 0.224 e. The van der Waals surface area contributed by atoms with E-state index in [0.29, 0.717) is 6.42 Å². The molecule has 0 bridgehead atoms. The van der Waals surface area contributed by atoms with E-state index in [4.69, 9.17) is 0 Å². The van der Waals surface area contributed by atoms with Gasteiger partial charge in [-0.1, -0.05) is 42.5 Å². The maximum atomic E-state index is 12.0. The van der Waals surface area contributed by atoms with Gasteiger partial charge in [0.15, 0.2) is 0 Å². The molecule has 0 fully saturated rings. The highest BCUT2D eigenvalue weighted by molar-refractivity contribution is 5.90. The molecule has 0 heterocycles. The van der Waals surface area contributed by atoms with Gasteiger partial charge in [0, 0.05) is 5.54 Å². The number of benzene rings is 2. The van der Waals surface area contributed by atoms with Crippen molar-refractivity contribution in [1.29, 1.82) is 0 Å². The lowest BCUT2D eigenvalue weighted by Gasteiger charge is -2.20. The van der Waals surface area contributed by atoms with Crippen molar-refractivity contribution in [3.63, 3.8) is 0 Å². The van der Waals surface area contributed by atoms with Gasteiger partial charge in [0.2, 0.25) is 5.91 Å². The predicted octanol–water partition coefficient (Wildman–Crippen LogP) is 3.30. The number of carbonyl (C=O) groups is 1. The van der Waals surface area contributed by atoms with E-state index in [2.05, 4.69) is 23.5 Å². The minimum atomic E-state index is -0.179.